The predicted octanol–water partition coefficient (Wildman–Crippen LogP) is 5.28. The Labute approximate surface area is 130 Å². The Kier molecular flexibility index (Phi) is 2.78. The van der Waals surface area contributed by atoms with Crippen LogP contribution in [0, 0.1) is 0 Å². The molecule has 4 rings (SSSR count). The minimum atomic E-state index is -1.58. The van der Waals surface area contributed by atoms with Gasteiger partial charge < -0.3 is 0 Å². The van der Waals surface area contributed by atoms with E-state index in [1.54, 1.807) is 0 Å². The van der Waals surface area contributed by atoms with Gasteiger partial charge in [-0.1, -0.05) is 72.9 Å². The predicted molar refractivity (Wildman–Crippen MR) is 98.0 cm³/mol. The molecule has 104 valence electrons. The zero-order chi connectivity index (χ0) is 14.6. The van der Waals surface area contributed by atoms with Gasteiger partial charge in [0.25, 0.3) is 0 Å². The van der Waals surface area contributed by atoms with Crippen LogP contribution in [0.4, 0.5) is 0 Å². The molecule has 4 aromatic carbocycles. The van der Waals surface area contributed by atoms with Gasteiger partial charge in [-0.05, 0) is 32.3 Å². The van der Waals surface area contributed by atoms with Crippen molar-refractivity contribution in [3.05, 3.63) is 54.6 Å². The SMILES string of the molecule is C[Si](C)(CCl)c1ccc2ccc3cccc4ccc1c2c34. The summed E-state index contributed by atoms with van der Waals surface area (Å²) < 4.78 is 0. The van der Waals surface area contributed by atoms with E-state index in [1.165, 1.54) is 37.5 Å². The van der Waals surface area contributed by atoms with Crippen LogP contribution in [0.3, 0.4) is 0 Å². The Hall–Kier alpha value is -1.57. The summed E-state index contributed by atoms with van der Waals surface area (Å²) in [6, 6.07) is 20.1. The van der Waals surface area contributed by atoms with Crippen LogP contribution in [-0.2, 0) is 0 Å². The second-order valence-corrected chi connectivity index (χ2v) is 11.9. The summed E-state index contributed by atoms with van der Waals surface area (Å²) in [5, 5.41) is 9.67. The maximum absolute atomic E-state index is 6.28. The van der Waals surface area contributed by atoms with Crippen molar-refractivity contribution in [3.63, 3.8) is 0 Å². The number of rotatable bonds is 2. The van der Waals surface area contributed by atoms with E-state index >= 15 is 0 Å². The molecule has 0 heterocycles. The molecule has 21 heavy (non-hydrogen) atoms. The van der Waals surface area contributed by atoms with E-state index < -0.39 is 8.07 Å². The number of benzene rings is 4. The molecule has 0 aliphatic heterocycles. The van der Waals surface area contributed by atoms with Gasteiger partial charge >= 0.3 is 0 Å². The molecule has 0 spiro atoms. The van der Waals surface area contributed by atoms with E-state index in [-0.39, 0.29) is 0 Å². The van der Waals surface area contributed by atoms with Crippen molar-refractivity contribution in [2.75, 3.05) is 5.50 Å². The fraction of sp³-hybridized carbons (Fsp3) is 0.158. The van der Waals surface area contributed by atoms with Gasteiger partial charge in [0.1, 0.15) is 0 Å². The molecule has 0 aliphatic carbocycles. The highest BCUT2D eigenvalue weighted by Gasteiger charge is 2.25. The quantitative estimate of drug-likeness (QED) is 0.268. The molecule has 0 atom stereocenters. The first kappa shape index (κ1) is 13.1. The minimum absolute atomic E-state index is 0.761. The summed E-state index contributed by atoms with van der Waals surface area (Å²) in [5.74, 6) is 0. The monoisotopic (exact) mass is 308 g/mol. The normalized spacial score (nSPS) is 12.7. The Balaban J connectivity index is 2.26. The molecule has 0 amide bonds. The highest BCUT2D eigenvalue weighted by molar-refractivity contribution is 6.95. The van der Waals surface area contributed by atoms with Crippen LogP contribution in [0.15, 0.2) is 54.6 Å². The average Bonchev–Trinajstić information content (AvgIpc) is 2.52. The number of hydrogen-bond donors (Lipinski definition) is 0. The van der Waals surface area contributed by atoms with E-state index in [2.05, 4.69) is 67.7 Å². The second kappa shape index (κ2) is 4.46. The number of hydrogen-bond acceptors (Lipinski definition) is 0. The fourth-order valence-electron chi connectivity index (χ4n) is 3.40. The molecule has 0 aliphatic rings. The third-order valence-corrected chi connectivity index (χ3v) is 9.16. The zero-order valence-corrected chi connectivity index (χ0v) is 14.0. The maximum Gasteiger partial charge on any atom is 0.0967 e. The highest BCUT2D eigenvalue weighted by Crippen LogP contribution is 2.34. The van der Waals surface area contributed by atoms with Gasteiger partial charge in [0.15, 0.2) is 0 Å². The van der Waals surface area contributed by atoms with E-state index in [9.17, 15) is 0 Å². The summed E-state index contributed by atoms with van der Waals surface area (Å²) in [7, 11) is -1.58. The molecule has 0 saturated heterocycles. The lowest BCUT2D eigenvalue weighted by Crippen LogP contribution is -2.44. The maximum atomic E-state index is 6.28. The van der Waals surface area contributed by atoms with Crippen LogP contribution in [0.2, 0.25) is 13.1 Å². The molecule has 0 aromatic heterocycles. The molecule has 0 nitrogen and oxygen atoms in total. The Morgan fingerprint density at radius 3 is 2.00 bits per heavy atom. The van der Waals surface area contributed by atoms with E-state index in [0.717, 1.165) is 5.50 Å². The average molecular weight is 309 g/mol. The van der Waals surface area contributed by atoms with Crippen molar-refractivity contribution < 1.29 is 0 Å². The summed E-state index contributed by atoms with van der Waals surface area (Å²) in [4.78, 5) is 0. The van der Waals surface area contributed by atoms with Crippen LogP contribution in [0.1, 0.15) is 0 Å². The van der Waals surface area contributed by atoms with Gasteiger partial charge in [-0.3, -0.25) is 0 Å². The summed E-state index contributed by atoms with van der Waals surface area (Å²) >= 11 is 6.28. The van der Waals surface area contributed by atoms with Crippen molar-refractivity contribution in [3.8, 4) is 0 Å². The van der Waals surface area contributed by atoms with Crippen molar-refractivity contribution in [2.45, 2.75) is 13.1 Å². The second-order valence-electron chi connectivity index (χ2n) is 6.49. The Morgan fingerprint density at radius 1 is 0.762 bits per heavy atom. The fourth-order valence-corrected chi connectivity index (χ4v) is 5.45. The van der Waals surface area contributed by atoms with Crippen LogP contribution in [0.25, 0.3) is 32.3 Å². The molecule has 2 heteroatoms. The lowest BCUT2D eigenvalue weighted by Gasteiger charge is -2.23. The van der Waals surface area contributed by atoms with Gasteiger partial charge in [-0.25, -0.2) is 0 Å². The van der Waals surface area contributed by atoms with E-state index in [4.69, 9.17) is 11.6 Å². The smallest absolute Gasteiger partial charge is 0.0967 e. The lowest BCUT2D eigenvalue weighted by molar-refractivity contribution is 1.70. The molecule has 0 N–H and O–H groups in total. The summed E-state index contributed by atoms with van der Waals surface area (Å²) in [6.45, 7) is 4.71. The molecule has 4 aromatic rings. The molecule has 0 unspecified atom stereocenters. The van der Waals surface area contributed by atoms with Crippen molar-refractivity contribution in [1.29, 1.82) is 0 Å². The van der Waals surface area contributed by atoms with E-state index in [1.807, 2.05) is 0 Å². The van der Waals surface area contributed by atoms with Gasteiger partial charge in [-0.15, -0.1) is 11.6 Å². The van der Waals surface area contributed by atoms with Crippen molar-refractivity contribution >= 4 is 57.2 Å². The van der Waals surface area contributed by atoms with Crippen molar-refractivity contribution in [2.24, 2.45) is 0 Å². The molecular weight excluding hydrogens is 292 g/mol. The van der Waals surface area contributed by atoms with Crippen LogP contribution in [0.5, 0.6) is 0 Å². The first-order chi connectivity index (χ1) is 10.1. The van der Waals surface area contributed by atoms with E-state index in [0.29, 0.717) is 0 Å². The summed E-state index contributed by atoms with van der Waals surface area (Å²) in [6.07, 6.45) is 0. The highest BCUT2D eigenvalue weighted by atomic mass is 35.5. The van der Waals surface area contributed by atoms with Gasteiger partial charge in [0.2, 0.25) is 0 Å². The molecule has 0 radical (unpaired) electrons. The largest absolute Gasteiger partial charge is 0.130 e. The zero-order valence-electron chi connectivity index (χ0n) is 12.3. The third kappa shape index (κ3) is 1.81. The topological polar surface area (TPSA) is 0 Å². The van der Waals surface area contributed by atoms with Crippen molar-refractivity contribution in [1.82, 2.24) is 0 Å². The summed E-state index contributed by atoms with van der Waals surface area (Å²) in [5.41, 5.74) is 0.761. The van der Waals surface area contributed by atoms with Crippen LogP contribution < -0.4 is 5.19 Å². The number of alkyl halides is 1. The molecular formula is C19H17ClSi. The lowest BCUT2D eigenvalue weighted by atomic mass is 9.94. The van der Waals surface area contributed by atoms with Crippen LogP contribution in [-0.4, -0.2) is 13.6 Å². The minimum Gasteiger partial charge on any atom is -0.130 e. The van der Waals surface area contributed by atoms with Gasteiger partial charge in [-0.2, -0.15) is 0 Å². The first-order valence-electron chi connectivity index (χ1n) is 7.35. The Bertz CT molecular complexity index is 940. The standard InChI is InChI=1S/C19H17ClSi/c1-21(2,12-20)17-11-9-15-7-6-13-4-3-5-14-8-10-16(17)19(15)18(13)14/h3-11H,12H2,1-2H3. The third-order valence-electron chi connectivity index (χ3n) is 4.59. The molecule has 0 fully saturated rings. The van der Waals surface area contributed by atoms with Crippen LogP contribution >= 0.6 is 11.6 Å². The number of halogens is 1. The molecule has 0 saturated carbocycles. The Morgan fingerprint density at radius 2 is 1.33 bits per heavy atom. The molecule has 0 bridgehead atoms. The van der Waals surface area contributed by atoms with Gasteiger partial charge in [0, 0.05) is 5.50 Å². The van der Waals surface area contributed by atoms with Gasteiger partial charge in [0.05, 0.1) is 8.07 Å². The first-order valence-corrected chi connectivity index (χ1v) is 11.1.